The largest absolute Gasteiger partial charge is 0.358 e. The zero-order chi connectivity index (χ0) is 16.5. The van der Waals surface area contributed by atoms with Crippen LogP contribution in [0, 0.1) is 12.7 Å². The maximum absolute atomic E-state index is 14.0. The van der Waals surface area contributed by atoms with Gasteiger partial charge in [-0.25, -0.2) is 4.39 Å². The van der Waals surface area contributed by atoms with Crippen molar-refractivity contribution in [3.05, 3.63) is 71.2 Å². The number of hydrogen-bond acceptors (Lipinski definition) is 1. The van der Waals surface area contributed by atoms with Gasteiger partial charge in [0.25, 0.3) is 0 Å². The number of likely N-dealkylation sites (tertiary alicyclic amines) is 1. The molecule has 1 atom stereocenters. The first kappa shape index (κ1) is 15.4. The topological polar surface area (TPSA) is 19.0 Å². The van der Waals surface area contributed by atoms with Crippen LogP contribution in [0.15, 0.2) is 48.5 Å². The summed E-state index contributed by atoms with van der Waals surface area (Å²) in [5.74, 6) is -0.0913. The first-order valence-electron chi connectivity index (χ1n) is 8.76. The van der Waals surface area contributed by atoms with Crippen LogP contribution in [-0.4, -0.2) is 22.5 Å². The molecule has 1 N–H and O–H groups in total. The minimum atomic E-state index is -0.0913. The molecule has 3 heteroatoms. The number of fused-ring (bicyclic) bond motifs is 1. The predicted molar refractivity (Wildman–Crippen MR) is 96.6 cm³/mol. The molecule has 2 heterocycles. The van der Waals surface area contributed by atoms with Crippen LogP contribution in [0.25, 0.3) is 10.9 Å². The summed E-state index contributed by atoms with van der Waals surface area (Å²) in [6.07, 6.45) is 3.41. The first-order valence-corrected chi connectivity index (χ1v) is 8.76. The van der Waals surface area contributed by atoms with Gasteiger partial charge in [-0.1, -0.05) is 36.4 Å². The van der Waals surface area contributed by atoms with Crippen LogP contribution < -0.4 is 0 Å². The summed E-state index contributed by atoms with van der Waals surface area (Å²) in [4.78, 5) is 5.94. The smallest absolute Gasteiger partial charge is 0.127 e. The van der Waals surface area contributed by atoms with Crippen molar-refractivity contribution in [2.45, 2.75) is 38.8 Å². The second-order valence-corrected chi connectivity index (χ2v) is 6.84. The van der Waals surface area contributed by atoms with Crippen LogP contribution in [-0.2, 0) is 13.0 Å². The van der Waals surface area contributed by atoms with Crippen molar-refractivity contribution in [1.82, 2.24) is 9.88 Å². The number of aromatic nitrogens is 1. The number of aromatic amines is 1. The lowest BCUT2D eigenvalue weighted by atomic mass is 10.0. The molecule has 0 aliphatic carbocycles. The van der Waals surface area contributed by atoms with Gasteiger partial charge in [0.15, 0.2) is 0 Å². The molecule has 2 aromatic carbocycles. The number of rotatable bonds is 4. The fourth-order valence-corrected chi connectivity index (χ4v) is 4.01. The summed E-state index contributed by atoms with van der Waals surface area (Å²) in [6.45, 7) is 3.92. The number of halogens is 1. The van der Waals surface area contributed by atoms with E-state index in [1.54, 1.807) is 12.1 Å². The van der Waals surface area contributed by atoms with Gasteiger partial charge < -0.3 is 4.98 Å². The van der Waals surface area contributed by atoms with Gasteiger partial charge in [0.2, 0.25) is 0 Å². The monoisotopic (exact) mass is 322 g/mol. The second kappa shape index (κ2) is 6.40. The van der Waals surface area contributed by atoms with E-state index in [2.05, 4.69) is 41.1 Å². The Hall–Kier alpha value is -2.13. The molecular formula is C21H23FN2. The molecule has 0 bridgehead atoms. The minimum absolute atomic E-state index is 0.0913. The molecule has 2 nitrogen and oxygen atoms in total. The average molecular weight is 322 g/mol. The molecule has 1 fully saturated rings. The zero-order valence-corrected chi connectivity index (χ0v) is 14.1. The van der Waals surface area contributed by atoms with Crippen molar-refractivity contribution in [1.29, 1.82) is 0 Å². The maximum atomic E-state index is 14.0. The van der Waals surface area contributed by atoms with Gasteiger partial charge in [-0.05, 0) is 50.4 Å². The van der Waals surface area contributed by atoms with E-state index < -0.39 is 0 Å². The fraction of sp³-hybridized carbons (Fsp3) is 0.333. The van der Waals surface area contributed by atoms with Gasteiger partial charge >= 0.3 is 0 Å². The Balaban J connectivity index is 1.57. The quantitative estimate of drug-likeness (QED) is 0.729. The summed E-state index contributed by atoms with van der Waals surface area (Å²) in [5.41, 5.74) is 4.69. The molecule has 1 saturated heterocycles. The van der Waals surface area contributed by atoms with Crippen molar-refractivity contribution in [3.63, 3.8) is 0 Å². The number of para-hydroxylation sites is 1. The van der Waals surface area contributed by atoms with E-state index in [9.17, 15) is 4.39 Å². The lowest BCUT2D eigenvalue weighted by Gasteiger charge is -2.25. The SMILES string of the molecule is Cc1[nH]c2ccccc2c1C[C@H]1CCCN1Cc1ccccc1F. The fourth-order valence-electron chi connectivity index (χ4n) is 4.01. The van der Waals surface area contributed by atoms with Gasteiger partial charge in [0.1, 0.15) is 5.82 Å². The summed E-state index contributed by atoms with van der Waals surface area (Å²) in [5, 5.41) is 1.33. The van der Waals surface area contributed by atoms with E-state index in [-0.39, 0.29) is 5.82 Å². The van der Waals surface area contributed by atoms with Crippen molar-refractivity contribution in [3.8, 4) is 0 Å². The summed E-state index contributed by atoms with van der Waals surface area (Å²) >= 11 is 0. The van der Waals surface area contributed by atoms with Crippen molar-refractivity contribution in [2.24, 2.45) is 0 Å². The predicted octanol–water partition coefficient (Wildman–Crippen LogP) is 4.82. The lowest BCUT2D eigenvalue weighted by molar-refractivity contribution is 0.241. The van der Waals surface area contributed by atoms with E-state index in [4.69, 9.17) is 0 Å². The summed E-state index contributed by atoms with van der Waals surface area (Å²) in [7, 11) is 0. The Morgan fingerprint density at radius 3 is 2.79 bits per heavy atom. The molecule has 124 valence electrons. The van der Waals surface area contributed by atoms with E-state index in [0.717, 1.165) is 18.5 Å². The van der Waals surface area contributed by atoms with Crippen LogP contribution in [0.5, 0.6) is 0 Å². The molecule has 0 radical (unpaired) electrons. The molecule has 1 aliphatic heterocycles. The maximum Gasteiger partial charge on any atom is 0.127 e. The van der Waals surface area contributed by atoms with Gasteiger partial charge in [-0.3, -0.25) is 4.90 Å². The Labute approximate surface area is 142 Å². The number of benzene rings is 2. The van der Waals surface area contributed by atoms with E-state index in [1.165, 1.54) is 35.0 Å². The number of H-pyrrole nitrogens is 1. The highest BCUT2D eigenvalue weighted by Crippen LogP contribution is 2.29. The molecule has 0 unspecified atom stereocenters. The van der Waals surface area contributed by atoms with Gasteiger partial charge in [-0.2, -0.15) is 0 Å². The molecule has 1 aromatic heterocycles. The number of aryl methyl sites for hydroxylation is 1. The standard InChI is InChI=1S/C21H23FN2/c1-15-19(18-9-3-5-11-21(18)23-15)13-17-8-6-12-24(17)14-16-7-2-4-10-20(16)22/h2-5,7,9-11,17,23H,6,8,12-14H2,1H3/t17-/m1/s1. The lowest BCUT2D eigenvalue weighted by Crippen LogP contribution is -2.31. The number of nitrogens with zero attached hydrogens (tertiary/aromatic N) is 1. The Morgan fingerprint density at radius 1 is 1.12 bits per heavy atom. The Bertz CT molecular complexity index is 852. The highest BCUT2D eigenvalue weighted by Gasteiger charge is 2.26. The number of hydrogen-bond donors (Lipinski definition) is 1. The third-order valence-corrected chi connectivity index (χ3v) is 5.30. The third-order valence-electron chi connectivity index (χ3n) is 5.30. The summed E-state index contributed by atoms with van der Waals surface area (Å²) in [6, 6.07) is 16.1. The molecule has 0 spiro atoms. The second-order valence-electron chi connectivity index (χ2n) is 6.84. The van der Waals surface area contributed by atoms with Gasteiger partial charge in [-0.15, -0.1) is 0 Å². The first-order chi connectivity index (χ1) is 11.7. The zero-order valence-electron chi connectivity index (χ0n) is 14.1. The molecular weight excluding hydrogens is 299 g/mol. The molecule has 0 amide bonds. The Kier molecular flexibility index (Phi) is 4.11. The normalized spacial score (nSPS) is 18.5. The van der Waals surface area contributed by atoms with Gasteiger partial charge in [0.05, 0.1) is 0 Å². The van der Waals surface area contributed by atoms with Crippen LogP contribution in [0.4, 0.5) is 4.39 Å². The van der Waals surface area contributed by atoms with E-state index >= 15 is 0 Å². The highest BCUT2D eigenvalue weighted by atomic mass is 19.1. The molecule has 0 saturated carbocycles. The van der Waals surface area contributed by atoms with Gasteiger partial charge in [0, 0.05) is 34.7 Å². The van der Waals surface area contributed by atoms with Crippen LogP contribution in [0.1, 0.15) is 29.7 Å². The van der Waals surface area contributed by atoms with Crippen molar-refractivity contribution < 1.29 is 4.39 Å². The molecule has 1 aliphatic rings. The van der Waals surface area contributed by atoms with E-state index in [1.807, 2.05) is 12.1 Å². The third kappa shape index (κ3) is 2.84. The van der Waals surface area contributed by atoms with Crippen LogP contribution >= 0.6 is 0 Å². The van der Waals surface area contributed by atoms with E-state index in [0.29, 0.717) is 12.6 Å². The Morgan fingerprint density at radius 2 is 1.92 bits per heavy atom. The molecule has 3 aromatic rings. The van der Waals surface area contributed by atoms with Crippen LogP contribution in [0.3, 0.4) is 0 Å². The van der Waals surface area contributed by atoms with Crippen molar-refractivity contribution in [2.75, 3.05) is 6.54 Å². The van der Waals surface area contributed by atoms with Crippen LogP contribution in [0.2, 0.25) is 0 Å². The van der Waals surface area contributed by atoms with Crippen molar-refractivity contribution >= 4 is 10.9 Å². The number of nitrogens with one attached hydrogen (secondary N) is 1. The molecule has 4 rings (SSSR count). The summed E-state index contributed by atoms with van der Waals surface area (Å²) < 4.78 is 14.0. The minimum Gasteiger partial charge on any atom is -0.358 e. The molecule has 24 heavy (non-hydrogen) atoms. The highest BCUT2D eigenvalue weighted by molar-refractivity contribution is 5.84. The average Bonchev–Trinajstić information content (AvgIpc) is 3.15.